The van der Waals surface area contributed by atoms with Crippen LogP contribution in [0.3, 0.4) is 0 Å². The summed E-state index contributed by atoms with van der Waals surface area (Å²) in [5.41, 5.74) is 2.93. The number of nitrogens with zero attached hydrogens (tertiary/aromatic N) is 1. The van der Waals surface area contributed by atoms with Crippen LogP contribution in [0.5, 0.6) is 0 Å². The van der Waals surface area contributed by atoms with E-state index in [1.165, 1.54) is 31.4 Å². The van der Waals surface area contributed by atoms with Crippen molar-refractivity contribution in [2.75, 3.05) is 6.54 Å². The maximum atomic E-state index is 4.59. The number of allylic oxidation sites excluding steroid dienone is 1. The van der Waals surface area contributed by atoms with Crippen molar-refractivity contribution >= 4 is 5.71 Å². The molecule has 0 aromatic rings. The van der Waals surface area contributed by atoms with Crippen LogP contribution in [-0.4, -0.2) is 12.3 Å². The smallest absolute Gasteiger partial charge is 0.0609 e. The lowest BCUT2D eigenvalue weighted by Gasteiger charge is -2.08. The molecule has 2 rings (SSSR count). The van der Waals surface area contributed by atoms with E-state index < -0.39 is 0 Å². The van der Waals surface area contributed by atoms with Crippen LogP contribution in [0.2, 0.25) is 0 Å². The predicted molar refractivity (Wildman–Crippen MR) is 57.2 cm³/mol. The molecule has 1 heterocycles. The zero-order chi connectivity index (χ0) is 9.26. The van der Waals surface area contributed by atoms with Gasteiger partial charge in [0.25, 0.3) is 0 Å². The van der Waals surface area contributed by atoms with E-state index >= 15 is 0 Å². The molecule has 1 heteroatoms. The van der Waals surface area contributed by atoms with Crippen molar-refractivity contribution in [3.8, 4) is 0 Å². The van der Waals surface area contributed by atoms with Crippen LogP contribution in [0.25, 0.3) is 0 Å². The second kappa shape index (κ2) is 3.65. The quantitative estimate of drug-likeness (QED) is 0.614. The minimum Gasteiger partial charge on any atom is -0.285 e. The molecule has 13 heavy (non-hydrogen) atoms. The van der Waals surface area contributed by atoms with E-state index in [0.29, 0.717) is 5.92 Å². The molecule has 0 aromatic heterocycles. The molecule has 0 atom stereocenters. The minimum atomic E-state index is 0.610. The zero-order valence-electron chi connectivity index (χ0n) is 8.71. The molecule has 0 N–H and O–H groups in total. The monoisotopic (exact) mass is 177 g/mol. The highest BCUT2D eigenvalue weighted by atomic mass is 14.8. The highest BCUT2D eigenvalue weighted by Gasteiger charge is 2.22. The Morgan fingerprint density at radius 2 is 2.00 bits per heavy atom. The van der Waals surface area contributed by atoms with Gasteiger partial charge in [-0.15, -0.1) is 0 Å². The summed E-state index contributed by atoms with van der Waals surface area (Å²) in [7, 11) is 0. The van der Waals surface area contributed by atoms with Gasteiger partial charge in [-0.2, -0.15) is 0 Å². The summed E-state index contributed by atoms with van der Waals surface area (Å²) in [4.78, 5) is 4.59. The Morgan fingerprint density at radius 3 is 2.54 bits per heavy atom. The molecule has 1 nitrogen and oxygen atoms in total. The van der Waals surface area contributed by atoms with E-state index in [0.717, 1.165) is 12.5 Å². The van der Waals surface area contributed by atoms with Crippen LogP contribution in [0.15, 0.2) is 16.6 Å². The summed E-state index contributed by atoms with van der Waals surface area (Å²) in [5, 5.41) is 0. The van der Waals surface area contributed by atoms with Crippen molar-refractivity contribution < 1.29 is 0 Å². The van der Waals surface area contributed by atoms with Gasteiger partial charge in [0, 0.05) is 5.71 Å². The van der Waals surface area contributed by atoms with Gasteiger partial charge in [0.2, 0.25) is 0 Å². The molecule has 72 valence electrons. The van der Waals surface area contributed by atoms with E-state index in [-0.39, 0.29) is 0 Å². The first kappa shape index (κ1) is 8.98. The summed E-state index contributed by atoms with van der Waals surface area (Å²) in [6.07, 6.45) is 8.04. The Bertz CT molecular complexity index is 242. The molecule has 0 amide bonds. The third kappa shape index (κ3) is 1.84. The van der Waals surface area contributed by atoms with Crippen molar-refractivity contribution in [1.29, 1.82) is 0 Å². The Morgan fingerprint density at radius 1 is 1.31 bits per heavy atom. The van der Waals surface area contributed by atoms with Crippen molar-refractivity contribution in [1.82, 2.24) is 0 Å². The number of rotatable bonds is 2. The minimum absolute atomic E-state index is 0.610. The van der Waals surface area contributed by atoms with Crippen LogP contribution in [-0.2, 0) is 0 Å². The van der Waals surface area contributed by atoms with Gasteiger partial charge in [0.15, 0.2) is 0 Å². The number of hydrogen-bond acceptors (Lipinski definition) is 1. The molecule has 1 aliphatic heterocycles. The van der Waals surface area contributed by atoms with Crippen LogP contribution in [0.1, 0.15) is 39.5 Å². The van der Waals surface area contributed by atoms with Crippen LogP contribution in [0, 0.1) is 11.8 Å². The van der Waals surface area contributed by atoms with E-state index in [2.05, 4.69) is 24.9 Å². The fraction of sp³-hybridized carbons (Fsp3) is 0.750. The fourth-order valence-electron chi connectivity index (χ4n) is 2.36. The molecule has 0 bridgehead atoms. The fourth-order valence-corrected chi connectivity index (χ4v) is 2.36. The van der Waals surface area contributed by atoms with Crippen LogP contribution < -0.4 is 0 Å². The Balaban J connectivity index is 2.01. The second-order valence-electron chi connectivity index (χ2n) is 4.60. The largest absolute Gasteiger partial charge is 0.285 e. The van der Waals surface area contributed by atoms with Crippen molar-refractivity contribution in [3.05, 3.63) is 11.6 Å². The van der Waals surface area contributed by atoms with E-state index in [1.807, 2.05) is 0 Å². The molecule has 0 aromatic carbocycles. The van der Waals surface area contributed by atoms with Gasteiger partial charge >= 0.3 is 0 Å². The lowest BCUT2D eigenvalue weighted by Crippen LogP contribution is -2.02. The normalized spacial score (nSPS) is 23.9. The van der Waals surface area contributed by atoms with Gasteiger partial charge in [0.05, 0.1) is 6.54 Å². The molecule has 0 spiro atoms. The van der Waals surface area contributed by atoms with Crippen molar-refractivity contribution in [2.45, 2.75) is 39.5 Å². The SMILES string of the molecule is CC(C)C1=NCC(C2CCCC2)=C1. The molecule has 2 aliphatic rings. The van der Waals surface area contributed by atoms with Crippen molar-refractivity contribution in [3.63, 3.8) is 0 Å². The highest BCUT2D eigenvalue weighted by Crippen LogP contribution is 2.33. The molecule has 0 saturated heterocycles. The van der Waals surface area contributed by atoms with Gasteiger partial charge in [-0.1, -0.05) is 26.7 Å². The van der Waals surface area contributed by atoms with Gasteiger partial charge in [0.1, 0.15) is 0 Å². The molecular weight excluding hydrogens is 158 g/mol. The third-order valence-corrected chi connectivity index (χ3v) is 3.25. The average Bonchev–Trinajstić information content (AvgIpc) is 2.75. The maximum absolute atomic E-state index is 4.59. The van der Waals surface area contributed by atoms with E-state index in [9.17, 15) is 0 Å². The third-order valence-electron chi connectivity index (χ3n) is 3.25. The van der Waals surface area contributed by atoms with E-state index in [1.54, 1.807) is 5.57 Å². The first-order valence-corrected chi connectivity index (χ1v) is 5.52. The summed E-state index contributed by atoms with van der Waals surface area (Å²) < 4.78 is 0. The second-order valence-corrected chi connectivity index (χ2v) is 4.60. The van der Waals surface area contributed by atoms with Crippen LogP contribution >= 0.6 is 0 Å². The molecule has 0 unspecified atom stereocenters. The average molecular weight is 177 g/mol. The number of aliphatic imine (C=N–C) groups is 1. The van der Waals surface area contributed by atoms with E-state index in [4.69, 9.17) is 0 Å². The topological polar surface area (TPSA) is 12.4 Å². The Labute approximate surface area is 80.9 Å². The number of hydrogen-bond donors (Lipinski definition) is 0. The summed E-state index contributed by atoms with van der Waals surface area (Å²) >= 11 is 0. The molecular formula is C12H19N. The summed E-state index contributed by atoms with van der Waals surface area (Å²) in [6.45, 7) is 5.46. The molecule has 1 fully saturated rings. The van der Waals surface area contributed by atoms with Gasteiger partial charge in [-0.25, -0.2) is 0 Å². The zero-order valence-corrected chi connectivity index (χ0v) is 8.71. The first-order valence-electron chi connectivity index (χ1n) is 5.52. The van der Waals surface area contributed by atoms with Crippen LogP contribution in [0.4, 0.5) is 0 Å². The lowest BCUT2D eigenvalue weighted by atomic mass is 9.96. The first-order chi connectivity index (χ1) is 6.27. The summed E-state index contributed by atoms with van der Waals surface area (Å²) in [5.74, 6) is 1.49. The highest BCUT2D eigenvalue weighted by molar-refractivity contribution is 5.98. The maximum Gasteiger partial charge on any atom is 0.0609 e. The summed E-state index contributed by atoms with van der Waals surface area (Å²) in [6, 6.07) is 0. The molecule has 1 aliphatic carbocycles. The van der Waals surface area contributed by atoms with Gasteiger partial charge in [-0.3, -0.25) is 4.99 Å². The lowest BCUT2D eigenvalue weighted by molar-refractivity contribution is 0.635. The van der Waals surface area contributed by atoms with Crippen molar-refractivity contribution in [2.24, 2.45) is 16.8 Å². The standard InChI is InChI=1S/C12H19N/c1-9(2)12-7-11(8-13-12)10-5-3-4-6-10/h7,9-10H,3-6,8H2,1-2H3. The molecule has 1 saturated carbocycles. The Kier molecular flexibility index (Phi) is 2.52. The van der Waals surface area contributed by atoms with Gasteiger partial charge < -0.3 is 0 Å². The predicted octanol–water partition coefficient (Wildman–Crippen LogP) is 3.21. The Hall–Kier alpha value is -0.590. The molecule has 0 radical (unpaired) electrons. The van der Waals surface area contributed by atoms with Gasteiger partial charge in [-0.05, 0) is 36.3 Å².